The van der Waals surface area contributed by atoms with Crippen LogP contribution in [0.4, 0.5) is 0 Å². The molecule has 1 saturated heterocycles. The first-order chi connectivity index (χ1) is 26.0. The lowest BCUT2D eigenvalue weighted by atomic mass is 9.77. The first-order valence-electron chi connectivity index (χ1n) is 20.1. The van der Waals surface area contributed by atoms with Crippen LogP contribution >= 0.6 is 0 Å². The minimum absolute atomic E-state index is 0.0380. The molecule has 290 valence electrons. The number of amides is 3. The van der Waals surface area contributed by atoms with E-state index in [1.54, 1.807) is 12.3 Å². The van der Waals surface area contributed by atoms with Crippen molar-refractivity contribution < 1.29 is 37.1 Å². The number of nitrogens with one attached hydrogen (secondary N) is 2. The highest BCUT2D eigenvalue weighted by Crippen LogP contribution is 2.46. The van der Waals surface area contributed by atoms with Crippen molar-refractivity contribution >= 4 is 44.5 Å². The molecule has 2 N–H and O–H groups in total. The van der Waals surface area contributed by atoms with E-state index in [9.17, 15) is 27.6 Å². The molecule has 1 aromatic carbocycles. The van der Waals surface area contributed by atoms with E-state index in [4.69, 9.17) is 9.47 Å². The Kier molecular flexibility index (Phi) is 10.2. The first kappa shape index (κ1) is 36.9. The van der Waals surface area contributed by atoms with Crippen molar-refractivity contribution in [1.29, 1.82) is 0 Å². The van der Waals surface area contributed by atoms with Gasteiger partial charge in [-0.3, -0.25) is 23.9 Å². The lowest BCUT2D eigenvalue weighted by molar-refractivity contribution is -0.157. The molecule has 0 unspecified atom stereocenters. The quantitative estimate of drug-likeness (QED) is 0.296. The van der Waals surface area contributed by atoms with Gasteiger partial charge in [-0.05, 0) is 106 Å². The molecule has 8 rings (SSSR count). The summed E-state index contributed by atoms with van der Waals surface area (Å²) in [4.78, 5) is 62.8. The second kappa shape index (κ2) is 14.9. The average Bonchev–Trinajstić information content (AvgIpc) is 4.06. The molecule has 12 nitrogen and oxygen atoms in total. The van der Waals surface area contributed by atoms with Gasteiger partial charge >= 0.3 is 5.97 Å². The lowest BCUT2D eigenvalue weighted by Crippen LogP contribution is -2.57. The third-order valence-corrected chi connectivity index (χ3v) is 14.8. The number of benzene rings is 1. The summed E-state index contributed by atoms with van der Waals surface area (Å²) in [6.07, 6.45) is 13.9. The van der Waals surface area contributed by atoms with Gasteiger partial charge in [0.15, 0.2) is 0 Å². The van der Waals surface area contributed by atoms with Crippen LogP contribution in [0, 0.1) is 23.7 Å². The molecule has 1 aromatic heterocycles. The van der Waals surface area contributed by atoms with E-state index in [1.165, 1.54) is 4.90 Å². The summed E-state index contributed by atoms with van der Waals surface area (Å²) in [6.45, 7) is 3.90. The third kappa shape index (κ3) is 7.49. The molecule has 2 aliphatic heterocycles. The van der Waals surface area contributed by atoms with E-state index in [0.29, 0.717) is 18.7 Å². The molecule has 3 amide bonds. The lowest BCUT2D eigenvalue weighted by Gasteiger charge is -2.34. The van der Waals surface area contributed by atoms with Crippen LogP contribution in [0.25, 0.3) is 10.8 Å². The minimum Gasteiger partial charge on any atom is -0.472 e. The van der Waals surface area contributed by atoms with E-state index in [0.717, 1.165) is 87.0 Å². The number of hydrogen-bond donors (Lipinski definition) is 2. The van der Waals surface area contributed by atoms with Crippen molar-refractivity contribution in [3.8, 4) is 5.88 Å². The van der Waals surface area contributed by atoms with E-state index < -0.39 is 56.6 Å². The van der Waals surface area contributed by atoms with Gasteiger partial charge in [0.05, 0.1) is 24.1 Å². The van der Waals surface area contributed by atoms with E-state index in [1.807, 2.05) is 6.07 Å². The Balaban J connectivity index is 1.12. The molecule has 5 fully saturated rings. The molecule has 6 aliphatic rings. The Labute approximate surface area is 317 Å². The average molecular weight is 761 g/mol. The van der Waals surface area contributed by atoms with Crippen molar-refractivity contribution in [3.63, 3.8) is 0 Å². The van der Waals surface area contributed by atoms with Crippen LogP contribution in [-0.4, -0.2) is 77.6 Å². The van der Waals surface area contributed by atoms with Crippen LogP contribution in [0.5, 0.6) is 5.88 Å². The zero-order chi connectivity index (χ0) is 37.6. The normalized spacial score (nSPS) is 32.2. The van der Waals surface area contributed by atoms with Gasteiger partial charge in [0.2, 0.25) is 27.7 Å². The van der Waals surface area contributed by atoms with Gasteiger partial charge in [-0.1, -0.05) is 37.5 Å². The molecule has 54 heavy (non-hydrogen) atoms. The van der Waals surface area contributed by atoms with Crippen molar-refractivity contribution in [2.75, 3.05) is 6.54 Å². The molecule has 2 aromatic rings. The largest absolute Gasteiger partial charge is 0.472 e. The molecule has 0 radical (unpaired) electrons. The maximum absolute atomic E-state index is 14.9. The van der Waals surface area contributed by atoms with E-state index in [-0.39, 0.29) is 55.6 Å². The van der Waals surface area contributed by atoms with Gasteiger partial charge in [0.1, 0.15) is 23.8 Å². The minimum atomic E-state index is -3.87. The van der Waals surface area contributed by atoms with Gasteiger partial charge < -0.3 is 19.7 Å². The number of fused-ring (bicyclic) bond motifs is 4. The number of pyridine rings is 1. The zero-order valence-corrected chi connectivity index (χ0v) is 31.7. The molecule has 7 atom stereocenters. The second-order valence-electron chi connectivity index (χ2n) is 16.7. The number of hydrogen-bond acceptors (Lipinski definition) is 9. The fourth-order valence-corrected chi connectivity index (χ4v) is 11.0. The summed E-state index contributed by atoms with van der Waals surface area (Å²) in [5.41, 5.74) is -0.351. The van der Waals surface area contributed by atoms with Gasteiger partial charge in [-0.15, -0.1) is 6.58 Å². The predicted octanol–water partition coefficient (Wildman–Crippen LogP) is 4.89. The summed E-state index contributed by atoms with van der Waals surface area (Å²) in [5.74, 6) is -2.53. The van der Waals surface area contributed by atoms with Gasteiger partial charge in [0, 0.05) is 23.9 Å². The number of carbonyl (C=O) groups is 4. The van der Waals surface area contributed by atoms with E-state index >= 15 is 0 Å². The Morgan fingerprint density at radius 2 is 1.72 bits per heavy atom. The number of aryl methyl sites for hydroxylation is 1. The topological polar surface area (TPSA) is 161 Å². The third-order valence-electron chi connectivity index (χ3n) is 13.0. The summed E-state index contributed by atoms with van der Waals surface area (Å²) in [6, 6.07) is 7.19. The second-order valence-corrected chi connectivity index (χ2v) is 18.6. The molecule has 4 aliphatic carbocycles. The van der Waals surface area contributed by atoms with Crippen molar-refractivity contribution in [2.24, 2.45) is 23.7 Å². The Morgan fingerprint density at radius 3 is 2.48 bits per heavy atom. The standard InChI is InChI=1S/C41H52N4O8S/c1-2-29-23-41(29,40(49)44-54(50,51)31-16-17-31)43-37(47)34-21-30-24-45(34)39(48)33(26-9-4-3-5-10-26)22-36(46)53-35-13-7-12-28(35)11-6-8-25-14-15-27-18-19-42-38(52-30)32(27)20-25/h2,14-15,18-20,26,28-31,33-35H,1,3-13,16-17,21-24H2,(H,43,47)(H,44,49)/t28-,29-,30-,33+,34+,35-,41-/m1/s1. The van der Waals surface area contributed by atoms with Crippen LogP contribution in [0.1, 0.15) is 102 Å². The van der Waals surface area contributed by atoms with E-state index in [2.05, 4.69) is 39.8 Å². The number of esters is 1. The number of sulfonamides is 1. The summed E-state index contributed by atoms with van der Waals surface area (Å²) >= 11 is 0. The number of aromatic nitrogens is 1. The molecular formula is C41H52N4O8S. The van der Waals surface area contributed by atoms with Crippen LogP contribution in [0.2, 0.25) is 0 Å². The van der Waals surface area contributed by atoms with Crippen molar-refractivity contribution in [1.82, 2.24) is 19.9 Å². The summed E-state index contributed by atoms with van der Waals surface area (Å²) < 4.78 is 40.5. The van der Waals surface area contributed by atoms with Gasteiger partial charge in [-0.2, -0.15) is 0 Å². The molecule has 4 bridgehead atoms. The van der Waals surface area contributed by atoms with Gasteiger partial charge in [0.25, 0.3) is 5.91 Å². The van der Waals surface area contributed by atoms with Crippen LogP contribution < -0.4 is 14.8 Å². The molecule has 0 spiro atoms. The van der Waals surface area contributed by atoms with Crippen molar-refractivity contribution in [2.45, 2.75) is 132 Å². The Bertz CT molecular complexity index is 1930. The number of nitrogens with zero attached hydrogens (tertiary/aromatic N) is 2. The fraction of sp³-hybridized carbons (Fsp3) is 0.634. The maximum Gasteiger partial charge on any atom is 0.306 e. The molecule has 4 saturated carbocycles. The predicted molar refractivity (Wildman–Crippen MR) is 200 cm³/mol. The number of ether oxygens (including phenoxy) is 2. The Hall–Kier alpha value is -4.00. The monoisotopic (exact) mass is 760 g/mol. The van der Waals surface area contributed by atoms with Crippen molar-refractivity contribution in [3.05, 3.63) is 48.7 Å². The zero-order valence-electron chi connectivity index (χ0n) is 30.9. The summed E-state index contributed by atoms with van der Waals surface area (Å²) in [7, 11) is -3.87. The summed E-state index contributed by atoms with van der Waals surface area (Å²) in [5, 5.41) is 4.09. The highest BCUT2D eigenvalue weighted by molar-refractivity contribution is 7.91. The van der Waals surface area contributed by atoms with Crippen LogP contribution in [0.15, 0.2) is 43.1 Å². The maximum atomic E-state index is 14.9. The molecular weight excluding hydrogens is 709 g/mol. The molecule has 13 heteroatoms. The fourth-order valence-electron chi connectivity index (χ4n) is 9.65. The van der Waals surface area contributed by atoms with Gasteiger partial charge in [-0.25, -0.2) is 13.4 Å². The number of carbonyl (C=O) groups excluding carboxylic acids is 4. The smallest absolute Gasteiger partial charge is 0.306 e. The SMILES string of the molecule is C=C[C@@H]1C[C@]1(NC(=O)[C@@H]1C[C@@H]2CN1C(=O)[C@H](C1CCCCC1)CC(=O)O[C@@H]1CCC[C@H]1CCCc1ccc3ccnc(c3c1)O2)C(=O)NS(=O)(=O)C1CC1. The van der Waals surface area contributed by atoms with Crippen LogP contribution in [-0.2, 0) is 40.4 Å². The number of rotatable bonds is 7. The first-order valence-corrected chi connectivity index (χ1v) is 21.6. The molecule has 3 heterocycles. The van der Waals surface area contributed by atoms with Crippen LogP contribution in [0.3, 0.4) is 0 Å². The highest BCUT2D eigenvalue weighted by atomic mass is 32.2. The Morgan fingerprint density at radius 1 is 0.944 bits per heavy atom. The highest BCUT2D eigenvalue weighted by Gasteiger charge is 2.62.